The van der Waals surface area contributed by atoms with Gasteiger partial charge >= 0.3 is 11.8 Å². The maximum Gasteiger partial charge on any atom is 0.308 e. The lowest BCUT2D eigenvalue weighted by Crippen LogP contribution is -2.26. The van der Waals surface area contributed by atoms with Gasteiger partial charge in [-0.2, -0.15) is 0 Å². The molecule has 0 spiro atoms. The molecule has 0 aliphatic carbocycles. The smallest absolute Gasteiger partial charge is 0.308 e. The highest BCUT2D eigenvalue weighted by Gasteiger charge is 2.16. The lowest BCUT2D eigenvalue weighted by molar-refractivity contribution is 0.0917. The highest BCUT2D eigenvalue weighted by atomic mass is 32.2. The average Bonchev–Trinajstić information content (AvgIpc) is 2.97. The van der Waals surface area contributed by atoms with Crippen LogP contribution in [0.15, 0.2) is 33.6 Å². The van der Waals surface area contributed by atoms with E-state index >= 15 is 0 Å². The zero-order valence-electron chi connectivity index (χ0n) is 12.8. The number of hydrogen-bond acceptors (Lipinski definition) is 6. The Morgan fingerprint density at radius 1 is 1.26 bits per heavy atom. The summed E-state index contributed by atoms with van der Waals surface area (Å²) < 4.78 is 27.6. The Labute approximate surface area is 134 Å². The Bertz CT molecular complexity index is 781. The molecule has 0 unspecified atom stereocenters. The van der Waals surface area contributed by atoms with Gasteiger partial charge in [-0.25, -0.2) is 13.6 Å². The van der Waals surface area contributed by atoms with Crippen molar-refractivity contribution in [3.05, 3.63) is 41.6 Å². The van der Waals surface area contributed by atoms with Gasteiger partial charge in [-0.15, -0.1) is 10.2 Å². The normalized spacial score (nSPS) is 11.7. The predicted octanol–water partition coefficient (Wildman–Crippen LogP) is 0.813. The first kappa shape index (κ1) is 17.1. The van der Waals surface area contributed by atoms with E-state index in [-0.39, 0.29) is 16.7 Å². The van der Waals surface area contributed by atoms with Crippen LogP contribution in [0.4, 0.5) is 0 Å². The van der Waals surface area contributed by atoms with Crippen LogP contribution in [0.3, 0.4) is 0 Å². The van der Waals surface area contributed by atoms with E-state index in [1.165, 1.54) is 12.1 Å². The Kier molecular flexibility index (Phi) is 5.12. The average molecular weight is 338 g/mol. The third-order valence-electron chi connectivity index (χ3n) is 3.08. The second-order valence-electron chi connectivity index (χ2n) is 5.30. The van der Waals surface area contributed by atoms with Gasteiger partial charge in [0, 0.05) is 12.5 Å². The molecule has 0 atom stereocenters. The van der Waals surface area contributed by atoms with Crippen molar-refractivity contribution >= 4 is 15.9 Å². The number of hydrogen-bond donors (Lipinski definition) is 2. The molecule has 1 aromatic carbocycles. The summed E-state index contributed by atoms with van der Waals surface area (Å²) in [7, 11) is -3.69. The Balaban J connectivity index is 1.88. The molecule has 23 heavy (non-hydrogen) atoms. The Morgan fingerprint density at radius 3 is 2.43 bits per heavy atom. The molecule has 2 aromatic rings. The molecule has 1 heterocycles. The third-order valence-corrected chi connectivity index (χ3v) is 4.01. The third kappa shape index (κ3) is 4.60. The number of rotatable bonds is 6. The summed E-state index contributed by atoms with van der Waals surface area (Å²) in [6.45, 7) is 4.13. The minimum atomic E-state index is -3.69. The van der Waals surface area contributed by atoms with Crippen LogP contribution in [-0.4, -0.2) is 31.1 Å². The molecule has 9 heteroatoms. The second kappa shape index (κ2) is 6.88. The Morgan fingerprint density at radius 2 is 1.91 bits per heavy atom. The SMILES string of the molecule is CC(C)c1nnc(C(=O)NCCc2ccc(S(N)(=O)=O)cc2)o1. The molecule has 0 radical (unpaired) electrons. The van der Waals surface area contributed by atoms with E-state index in [1.807, 2.05) is 13.8 Å². The quantitative estimate of drug-likeness (QED) is 0.802. The topological polar surface area (TPSA) is 128 Å². The minimum Gasteiger partial charge on any atom is -0.417 e. The molecule has 0 aliphatic heterocycles. The number of nitrogens with one attached hydrogen (secondary N) is 1. The number of carbonyl (C=O) groups excluding carboxylic acids is 1. The number of carbonyl (C=O) groups is 1. The molecule has 3 N–H and O–H groups in total. The summed E-state index contributed by atoms with van der Waals surface area (Å²) in [5.74, 6) is -0.0426. The highest BCUT2D eigenvalue weighted by molar-refractivity contribution is 7.89. The van der Waals surface area contributed by atoms with Crippen LogP contribution in [0.5, 0.6) is 0 Å². The summed E-state index contributed by atoms with van der Waals surface area (Å²) in [4.78, 5) is 11.9. The van der Waals surface area contributed by atoms with Crippen molar-refractivity contribution < 1.29 is 17.6 Å². The number of amides is 1. The van der Waals surface area contributed by atoms with E-state index in [0.717, 1.165) is 5.56 Å². The lowest BCUT2D eigenvalue weighted by atomic mass is 10.1. The number of nitrogens with two attached hydrogens (primary N) is 1. The largest absolute Gasteiger partial charge is 0.417 e. The molecule has 0 aliphatic rings. The molecule has 0 fully saturated rings. The van der Waals surface area contributed by atoms with Crippen molar-refractivity contribution in [2.24, 2.45) is 5.14 Å². The molecule has 2 rings (SSSR count). The van der Waals surface area contributed by atoms with E-state index in [2.05, 4.69) is 15.5 Å². The molecule has 0 saturated heterocycles. The monoisotopic (exact) mass is 338 g/mol. The zero-order valence-corrected chi connectivity index (χ0v) is 13.6. The molecular formula is C14H18N4O4S. The van der Waals surface area contributed by atoms with Crippen molar-refractivity contribution in [1.29, 1.82) is 0 Å². The van der Waals surface area contributed by atoms with Gasteiger partial charge in [0.25, 0.3) is 0 Å². The number of benzene rings is 1. The van der Waals surface area contributed by atoms with Gasteiger partial charge in [0.1, 0.15) is 0 Å². The Hall–Kier alpha value is -2.26. The zero-order chi connectivity index (χ0) is 17.0. The van der Waals surface area contributed by atoms with Gasteiger partial charge in [-0.3, -0.25) is 4.79 Å². The fraction of sp³-hybridized carbons (Fsp3) is 0.357. The number of aromatic nitrogens is 2. The van der Waals surface area contributed by atoms with E-state index in [1.54, 1.807) is 12.1 Å². The van der Waals surface area contributed by atoms with Crippen molar-refractivity contribution in [3.8, 4) is 0 Å². The van der Waals surface area contributed by atoms with Crippen molar-refractivity contribution in [2.75, 3.05) is 6.54 Å². The molecule has 0 saturated carbocycles. The molecule has 1 aromatic heterocycles. The summed E-state index contributed by atoms with van der Waals surface area (Å²) in [6, 6.07) is 6.16. The van der Waals surface area contributed by atoms with Crippen LogP contribution < -0.4 is 10.5 Å². The molecule has 0 bridgehead atoms. The minimum absolute atomic E-state index is 0.0531. The van der Waals surface area contributed by atoms with Gasteiger partial charge < -0.3 is 9.73 Å². The van der Waals surface area contributed by atoms with Gasteiger partial charge in [-0.1, -0.05) is 26.0 Å². The molecule has 1 amide bonds. The standard InChI is InChI=1S/C14H18N4O4S/c1-9(2)13-17-18-14(22-13)12(19)16-8-7-10-3-5-11(6-4-10)23(15,20)21/h3-6,9H,7-8H2,1-2H3,(H,16,19)(H2,15,20,21). The first-order valence-corrected chi connectivity index (χ1v) is 8.55. The van der Waals surface area contributed by atoms with E-state index in [4.69, 9.17) is 9.56 Å². The fourth-order valence-electron chi connectivity index (χ4n) is 1.80. The lowest BCUT2D eigenvalue weighted by Gasteiger charge is -2.04. The van der Waals surface area contributed by atoms with Gasteiger partial charge in [0.2, 0.25) is 15.9 Å². The fourth-order valence-corrected chi connectivity index (χ4v) is 2.32. The van der Waals surface area contributed by atoms with Crippen molar-refractivity contribution in [2.45, 2.75) is 31.1 Å². The second-order valence-corrected chi connectivity index (χ2v) is 6.86. The summed E-state index contributed by atoms with van der Waals surface area (Å²) >= 11 is 0. The summed E-state index contributed by atoms with van der Waals surface area (Å²) in [5.41, 5.74) is 0.867. The van der Waals surface area contributed by atoms with Crippen LogP contribution in [0.2, 0.25) is 0 Å². The number of nitrogens with zero attached hydrogens (tertiary/aromatic N) is 2. The summed E-state index contributed by atoms with van der Waals surface area (Å²) in [6.07, 6.45) is 0.530. The first-order chi connectivity index (χ1) is 10.8. The van der Waals surface area contributed by atoms with Crippen LogP contribution in [0.1, 0.15) is 41.9 Å². The van der Waals surface area contributed by atoms with Gasteiger partial charge in [0.05, 0.1) is 4.90 Å². The number of primary sulfonamides is 1. The van der Waals surface area contributed by atoms with Gasteiger partial charge in [-0.05, 0) is 24.1 Å². The van der Waals surface area contributed by atoms with Crippen molar-refractivity contribution in [1.82, 2.24) is 15.5 Å². The molecule has 124 valence electrons. The maximum atomic E-state index is 11.9. The predicted molar refractivity (Wildman–Crippen MR) is 82.2 cm³/mol. The van der Waals surface area contributed by atoms with Crippen LogP contribution >= 0.6 is 0 Å². The maximum absolute atomic E-state index is 11.9. The van der Waals surface area contributed by atoms with Crippen LogP contribution in [-0.2, 0) is 16.4 Å². The number of sulfonamides is 1. The van der Waals surface area contributed by atoms with Gasteiger partial charge in [0.15, 0.2) is 0 Å². The van der Waals surface area contributed by atoms with E-state index < -0.39 is 15.9 Å². The highest BCUT2D eigenvalue weighted by Crippen LogP contribution is 2.12. The van der Waals surface area contributed by atoms with E-state index in [0.29, 0.717) is 18.9 Å². The van der Waals surface area contributed by atoms with Crippen molar-refractivity contribution in [3.63, 3.8) is 0 Å². The molecule has 8 nitrogen and oxygen atoms in total. The molecular weight excluding hydrogens is 320 g/mol. The first-order valence-electron chi connectivity index (χ1n) is 7.00. The van der Waals surface area contributed by atoms with E-state index in [9.17, 15) is 13.2 Å². The van der Waals surface area contributed by atoms with Crippen LogP contribution in [0, 0.1) is 0 Å². The van der Waals surface area contributed by atoms with Crippen LogP contribution in [0.25, 0.3) is 0 Å². The summed E-state index contributed by atoms with van der Waals surface area (Å²) in [5, 5.41) is 15.2.